The summed E-state index contributed by atoms with van der Waals surface area (Å²) in [6.07, 6.45) is 0. The molecule has 98 valence electrons. The topological polar surface area (TPSA) is 43.9 Å². The number of hydrogen-bond donors (Lipinski definition) is 0. The van der Waals surface area contributed by atoms with Crippen LogP contribution in [0.4, 0.5) is 0 Å². The van der Waals surface area contributed by atoms with Gasteiger partial charge in [-0.3, -0.25) is 0 Å². The number of imidazole rings is 1. The van der Waals surface area contributed by atoms with Crippen molar-refractivity contribution in [3.8, 4) is 0 Å². The second-order valence-electron chi connectivity index (χ2n) is 4.32. The molecule has 2 aromatic heterocycles. The fourth-order valence-electron chi connectivity index (χ4n) is 2.07. The lowest BCUT2D eigenvalue weighted by atomic mass is 10.3. The number of hydrogen-bond acceptors (Lipinski definition) is 3. The van der Waals surface area contributed by atoms with Gasteiger partial charge in [-0.05, 0) is 25.1 Å². The predicted octanol–water partition coefficient (Wildman–Crippen LogP) is 3.88. The summed E-state index contributed by atoms with van der Waals surface area (Å²) in [5, 5.41) is 3.90. The van der Waals surface area contributed by atoms with E-state index in [1.54, 1.807) is 0 Å². The van der Waals surface area contributed by atoms with Gasteiger partial charge in [-0.25, -0.2) is 4.98 Å². The summed E-state index contributed by atoms with van der Waals surface area (Å²) in [6, 6.07) is 7.89. The van der Waals surface area contributed by atoms with E-state index in [9.17, 15) is 0 Å². The smallest absolute Gasteiger partial charge is 0.156 e. The van der Waals surface area contributed by atoms with Crippen molar-refractivity contribution in [2.75, 3.05) is 0 Å². The van der Waals surface area contributed by atoms with E-state index >= 15 is 0 Å². The van der Waals surface area contributed by atoms with Gasteiger partial charge < -0.3 is 9.09 Å². The van der Waals surface area contributed by atoms with Gasteiger partial charge in [0.2, 0.25) is 0 Å². The molecule has 0 atom stereocenters. The third-order valence-corrected chi connectivity index (χ3v) is 3.63. The molecule has 0 saturated carbocycles. The number of fused-ring (bicyclic) bond motifs is 1. The monoisotopic (exact) mass is 339 g/mol. The number of nitrogens with zero attached hydrogens (tertiary/aromatic N) is 3. The molecule has 4 nitrogen and oxygen atoms in total. The van der Waals surface area contributed by atoms with Crippen LogP contribution in [-0.2, 0) is 12.4 Å². The number of aryl methyl sites for hydroxylation is 1. The first-order chi connectivity index (χ1) is 9.17. The van der Waals surface area contributed by atoms with Gasteiger partial charge in [0.15, 0.2) is 5.76 Å². The molecule has 0 aliphatic rings. The van der Waals surface area contributed by atoms with Crippen molar-refractivity contribution in [1.82, 2.24) is 14.7 Å². The molecule has 0 unspecified atom stereocenters. The summed E-state index contributed by atoms with van der Waals surface area (Å²) in [6.45, 7) is 2.48. The molecule has 0 aliphatic carbocycles. The van der Waals surface area contributed by atoms with E-state index in [2.05, 4.69) is 26.1 Å². The van der Waals surface area contributed by atoms with Gasteiger partial charge in [0, 0.05) is 10.5 Å². The molecule has 0 aliphatic heterocycles. The SMILES string of the molecule is Cc1cc(Cn2c(CCl)nc3ccc(Br)cc32)on1. The van der Waals surface area contributed by atoms with Gasteiger partial charge in [-0.2, -0.15) is 0 Å². The van der Waals surface area contributed by atoms with Crippen molar-refractivity contribution < 1.29 is 4.52 Å². The van der Waals surface area contributed by atoms with Gasteiger partial charge >= 0.3 is 0 Å². The Kier molecular flexibility index (Phi) is 3.33. The standard InChI is InChI=1S/C13H11BrClN3O/c1-8-4-10(19-17-8)7-18-12-5-9(14)2-3-11(12)16-13(18)6-15/h2-5H,6-7H2,1H3. The van der Waals surface area contributed by atoms with Crippen LogP contribution in [-0.4, -0.2) is 14.7 Å². The van der Waals surface area contributed by atoms with Crippen molar-refractivity contribution >= 4 is 38.6 Å². The molecule has 0 radical (unpaired) electrons. The summed E-state index contributed by atoms with van der Waals surface area (Å²) in [5.74, 6) is 1.98. The van der Waals surface area contributed by atoms with E-state index in [0.29, 0.717) is 12.4 Å². The average molecular weight is 341 g/mol. The lowest BCUT2D eigenvalue weighted by Gasteiger charge is -2.04. The summed E-state index contributed by atoms with van der Waals surface area (Å²) in [4.78, 5) is 4.52. The van der Waals surface area contributed by atoms with Crippen LogP contribution >= 0.6 is 27.5 Å². The Morgan fingerprint density at radius 2 is 2.21 bits per heavy atom. The molecule has 0 fully saturated rings. The second-order valence-corrected chi connectivity index (χ2v) is 5.50. The number of rotatable bonds is 3. The lowest BCUT2D eigenvalue weighted by Crippen LogP contribution is -2.03. The van der Waals surface area contributed by atoms with Crippen LogP contribution < -0.4 is 0 Å². The summed E-state index contributed by atoms with van der Waals surface area (Å²) in [5.41, 5.74) is 2.82. The van der Waals surface area contributed by atoms with Crippen molar-refractivity contribution in [3.63, 3.8) is 0 Å². The van der Waals surface area contributed by atoms with Gasteiger partial charge in [0.05, 0.1) is 29.2 Å². The molecular weight excluding hydrogens is 330 g/mol. The summed E-state index contributed by atoms with van der Waals surface area (Å²) < 4.78 is 8.32. The molecular formula is C13H11BrClN3O. The normalized spacial score (nSPS) is 11.3. The van der Waals surface area contributed by atoms with Crippen LogP contribution in [0.1, 0.15) is 17.3 Å². The first-order valence-corrected chi connectivity index (χ1v) is 7.13. The van der Waals surface area contributed by atoms with E-state index in [1.165, 1.54) is 0 Å². The highest BCUT2D eigenvalue weighted by molar-refractivity contribution is 9.10. The molecule has 0 saturated heterocycles. The second kappa shape index (κ2) is 4.98. The molecule has 1 aromatic carbocycles. The maximum atomic E-state index is 5.97. The minimum atomic E-state index is 0.361. The number of alkyl halides is 1. The Balaban J connectivity index is 2.12. The van der Waals surface area contributed by atoms with Gasteiger partial charge in [-0.15, -0.1) is 11.6 Å². The zero-order valence-corrected chi connectivity index (χ0v) is 12.6. The molecule has 3 rings (SSSR count). The first-order valence-electron chi connectivity index (χ1n) is 5.80. The molecule has 19 heavy (non-hydrogen) atoms. The largest absolute Gasteiger partial charge is 0.359 e. The van der Waals surface area contributed by atoms with Gasteiger partial charge in [0.1, 0.15) is 5.82 Å². The highest BCUT2D eigenvalue weighted by Crippen LogP contribution is 2.23. The highest BCUT2D eigenvalue weighted by atomic mass is 79.9. The van der Waals surface area contributed by atoms with Crippen LogP contribution in [0.25, 0.3) is 11.0 Å². The molecule has 0 bridgehead atoms. The minimum Gasteiger partial charge on any atom is -0.359 e. The van der Waals surface area contributed by atoms with Crippen molar-refractivity contribution in [1.29, 1.82) is 0 Å². The third kappa shape index (κ3) is 2.40. The lowest BCUT2D eigenvalue weighted by molar-refractivity contribution is 0.373. The number of aromatic nitrogens is 3. The van der Waals surface area contributed by atoms with Gasteiger partial charge in [0.25, 0.3) is 0 Å². The Morgan fingerprint density at radius 3 is 2.89 bits per heavy atom. The van der Waals surface area contributed by atoms with E-state index < -0.39 is 0 Å². The highest BCUT2D eigenvalue weighted by Gasteiger charge is 2.12. The minimum absolute atomic E-state index is 0.361. The molecule has 3 aromatic rings. The fourth-order valence-corrected chi connectivity index (χ4v) is 2.62. The van der Waals surface area contributed by atoms with E-state index in [-0.39, 0.29) is 0 Å². The number of benzene rings is 1. The zero-order valence-electron chi connectivity index (χ0n) is 10.2. The molecule has 6 heteroatoms. The van der Waals surface area contributed by atoms with Crippen molar-refractivity contribution in [2.45, 2.75) is 19.3 Å². The maximum absolute atomic E-state index is 5.97. The van der Waals surface area contributed by atoms with E-state index in [1.807, 2.05) is 35.8 Å². The third-order valence-electron chi connectivity index (χ3n) is 2.90. The first kappa shape index (κ1) is 12.7. The van der Waals surface area contributed by atoms with E-state index in [0.717, 1.165) is 32.8 Å². The Morgan fingerprint density at radius 1 is 1.37 bits per heavy atom. The van der Waals surface area contributed by atoms with Crippen molar-refractivity contribution in [2.24, 2.45) is 0 Å². The Hall–Kier alpha value is -1.33. The average Bonchev–Trinajstić information content (AvgIpc) is 2.94. The van der Waals surface area contributed by atoms with Crippen LogP contribution in [0.5, 0.6) is 0 Å². The Labute approximate surface area is 123 Å². The maximum Gasteiger partial charge on any atom is 0.156 e. The molecule has 0 spiro atoms. The number of halogens is 2. The molecule has 0 N–H and O–H groups in total. The predicted molar refractivity (Wildman–Crippen MR) is 77.3 cm³/mol. The van der Waals surface area contributed by atoms with Crippen LogP contribution in [0.15, 0.2) is 33.3 Å². The van der Waals surface area contributed by atoms with Gasteiger partial charge in [-0.1, -0.05) is 21.1 Å². The molecule has 2 heterocycles. The summed E-state index contributed by atoms with van der Waals surface area (Å²) >= 11 is 9.45. The zero-order chi connectivity index (χ0) is 13.4. The summed E-state index contributed by atoms with van der Waals surface area (Å²) in [7, 11) is 0. The molecule has 0 amide bonds. The Bertz CT molecular complexity index is 735. The van der Waals surface area contributed by atoms with Crippen LogP contribution in [0.3, 0.4) is 0 Å². The van der Waals surface area contributed by atoms with E-state index in [4.69, 9.17) is 16.1 Å². The van der Waals surface area contributed by atoms with Crippen LogP contribution in [0.2, 0.25) is 0 Å². The fraction of sp³-hybridized carbons (Fsp3) is 0.231. The van der Waals surface area contributed by atoms with Crippen molar-refractivity contribution in [3.05, 3.63) is 46.0 Å². The quantitative estimate of drug-likeness (QED) is 0.680. The van der Waals surface area contributed by atoms with Crippen LogP contribution in [0, 0.1) is 6.92 Å².